The normalized spacial score (nSPS) is 22.3. The van der Waals surface area contributed by atoms with Crippen molar-refractivity contribution >= 4 is 22.9 Å². The summed E-state index contributed by atoms with van der Waals surface area (Å²) in [5.74, 6) is 0.247. The molecular formula is C19H22N2OS. The van der Waals surface area contributed by atoms with Crippen LogP contribution in [0.5, 0.6) is 0 Å². The molecule has 0 bridgehead atoms. The molecular weight excluding hydrogens is 304 g/mol. The van der Waals surface area contributed by atoms with E-state index in [4.69, 9.17) is 0 Å². The molecule has 0 radical (unpaired) electrons. The Morgan fingerprint density at radius 3 is 2.96 bits per heavy atom. The van der Waals surface area contributed by atoms with Gasteiger partial charge in [0.2, 0.25) is 5.91 Å². The van der Waals surface area contributed by atoms with Gasteiger partial charge in [-0.3, -0.25) is 9.69 Å². The van der Waals surface area contributed by atoms with Gasteiger partial charge in [0.1, 0.15) is 0 Å². The number of benzene rings is 1. The number of anilines is 1. The molecule has 0 N–H and O–H groups in total. The predicted octanol–water partition coefficient (Wildman–Crippen LogP) is 3.86. The van der Waals surface area contributed by atoms with Crippen molar-refractivity contribution in [1.29, 1.82) is 0 Å². The molecule has 3 nitrogen and oxygen atoms in total. The number of thiophene rings is 1. The summed E-state index contributed by atoms with van der Waals surface area (Å²) in [6.07, 6.45) is 3.31. The second-order valence-corrected chi connectivity index (χ2v) is 7.28. The molecule has 23 heavy (non-hydrogen) atoms. The van der Waals surface area contributed by atoms with Gasteiger partial charge in [-0.15, -0.1) is 0 Å². The summed E-state index contributed by atoms with van der Waals surface area (Å²) < 4.78 is 0. The molecule has 1 fully saturated rings. The Hall–Kier alpha value is -1.65. The van der Waals surface area contributed by atoms with Gasteiger partial charge in [0.05, 0.1) is 6.04 Å². The van der Waals surface area contributed by atoms with Gasteiger partial charge in [-0.05, 0) is 66.8 Å². The molecule has 0 saturated carbocycles. The Bertz CT molecular complexity index is 697. The molecule has 2 aliphatic heterocycles. The fourth-order valence-corrected chi connectivity index (χ4v) is 4.72. The number of carbonyl (C=O) groups is 1. The van der Waals surface area contributed by atoms with Crippen LogP contribution < -0.4 is 4.90 Å². The molecule has 120 valence electrons. The topological polar surface area (TPSA) is 23.6 Å². The van der Waals surface area contributed by atoms with Crippen LogP contribution in [0.1, 0.15) is 36.9 Å². The lowest BCUT2D eigenvalue weighted by Crippen LogP contribution is -2.46. The first-order valence-electron chi connectivity index (χ1n) is 8.43. The Balaban J connectivity index is 1.55. The Kier molecular flexibility index (Phi) is 3.95. The highest BCUT2D eigenvalue weighted by Crippen LogP contribution is 2.36. The van der Waals surface area contributed by atoms with Crippen molar-refractivity contribution in [2.75, 3.05) is 18.0 Å². The summed E-state index contributed by atoms with van der Waals surface area (Å²) in [5.41, 5.74) is 3.77. The number of fused-ring (bicyclic) bond motifs is 1. The number of likely N-dealkylation sites (tertiary alicyclic amines) is 1. The van der Waals surface area contributed by atoms with Crippen LogP contribution in [0.15, 0.2) is 41.1 Å². The maximum absolute atomic E-state index is 13.1. The van der Waals surface area contributed by atoms with Gasteiger partial charge in [-0.1, -0.05) is 18.2 Å². The van der Waals surface area contributed by atoms with Gasteiger partial charge in [-0.2, -0.15) is 11.3 Å². The SMILES string of the molecule is C[C@@H](C(=O)N1CCc2ccccc21)N1CCC[C@@H]1c1ccsc1. The molecule has 0 aliphatic carbocycles. The largest absolute Gasteiger partial charge is 0.310 e. The molecule has 0 spiro atoms. The number of amides is 1. The van der Waals surface area contributed by atoms with E-state index < -0.39 is 0 Å². The average molecular weight is 326 g/mol. The third-order valence-corrected chi connectivity index (χ3v) is 5.93. The predicted molar refractivity (Wildman–Crippen MR) is 95.0 cm³/mol. The first kappa shape index (κ1) is 14.9. The molecule has 1 aromatic carbocycles. The zero-order chi connectivity index (χ0) is 15.8. The monoisotopic (exact) mass is 326 g/mol. The first-order chi connectivity index (χ1) is 11.3. The van der Waals surface area contributed by atoms with E-state index in [1.54, 1.807) is 11.3 Å². The molecule has 2 aliphatic rings. The average Bonchev–Trinajstić information content (AvgIpc) is 3.31. The van der Waals surface area contributed by atoms with Gasteiger partial charge in [0.15, 0.2) is 0 Å². The first-order valence-corrected chi connectivity index (χ1v) is 9.37. The van der Waals surface area contributed by atoms with Crippen LogP contribution in [0.3, 0.4) is 0 Å². The summed E-state index contributed by atoms with van der Waals surface area (Å²) in [6, 6.07) is 10.8. The Morgan fingerprint density at radius 1 is 1.26 bits per heavy atom. The van der Waals surface area contributed by atoms with Gasteiger partial charge < -0.3 is 4.90 Å². The zero-order valence-electron chi connectivity index (χ0n) is 13.4. The van der Waals surface area contributed by atoms with Crippen molar-refractivity contribution in [3.05, 3.63) is 52.2 Å². The molecule has 0 unspecified atom stereocenters. The minimum atomic E-state index is -0.0615. The summed E-state index contributed by atoms with van der Waals surface area (Å²) in [5, 5.41) is 4.36. The van der Waals surface area contributed by atoms with Crippen molar-refractivity contribution in [1.82, 2.24) is 4.90 Å². The van der Waals surface area contributed by atoms with Crippen LogP contribution in [0.2, 0.25) is 0 Å². The molecule has 1 saturated heterocycles. The lowest BCUT2D eigenvalue weighted by molar-refractivity contribution is -0.123. The van der Waals surface area contributed by atoms with Crippen LogP contribution in [-0.4, -0.2) is 29.9 Å². The quantitative estimate of drug-likeness (QED) is 0.855. The fourth-order valence-electron chi connectivity index (χ4n) is 4.01. The minimum Gasteiger partial charge on any atom is -0.310 e. The van der Waals surface area contributed by atoms with E-state index in [1.807, 2.05) is 11.0 Å². The molecule has 2 aromatic rings. The lowest BCUT2D eigenvalue weighted by atomic mass is 10.1. The van der Waals surface area contributed by atoms with E-state index in [2.05, 4.69) is 46.8 Å². The molecule has 1 amide bonds. The van der Waals surface area contributed by atoms with Crippen molar-refractivity contribution < 1.29 is 4.79 Å². The van der Waals surface area contributed by atoms with Gasteiger partial charge in [-0.25, -0.2) is 0 Å². The zero-order valence-corrected chi connectivity index (χ0v) is 14.3. The van der Waals surface area contributed by atoms with Crippen molar-refractivity contribution in [2.45, 2.75) is 38.3 Å². The molecule has 1 aromatic heterocycles. The number of carbonyl (C=O) groups excluding carboxylic acids is 1. The summed E-state index contributed by atoms with van der Waals surface area (Å²) >= 11 is 1.74. The Labute approximate surface area is 141 Å². The van der Waals surface area contributed by atoms with Crippen LogP contribution in [0.4, 0.5) is 5.69 Å². The van der Waals surface area contributed by atoms with Crippen LogP contribution in [0, 0.1) is 0 Å². The minimum absolute atomic E-state index is 0.0615. The van der Waals surface area contributed by atoms with Crippen molar-refractivity contribution in [3.8, 4) is 0 Å². The number of hydrogen-bond acceptors (Lipinski definition) is 3. The number of nitrogens with zero attached hydrogens (tertiary/aromatic N) is 2. The van der Waals surface area contributed by atoms with Crippen LogP contribution >= 0.6 is 11.3 Å². The number of para-hydroxylation sites is 1. The molecule has 2 atom stereocenters. The van der Waals surface area contributed by atoms with E-state index >= 15 is 0 Å². The van der Waals surface area contributed by atoms with Gasteiger partial charge >= 0.3 is 0 Å². The summed E-state index contributed by atoms with van der Waals surface area (Å²) in [4.78, 5) is 17.5. The van der Waals surface area contributed by atoms with Gasteiger partial charge in [0, 0.05) is 18.3 Å². The molecule has 3 heterocycles. The van der Waals surface area contributed by atoms with Crippen LogP contribution in [-0.2, 0) is 11.2 Å². The third kappa shape index (κ3) is 2.60. The van der Waals surface area contributed by atoms with E-state index in [0.717, 1.165) is 31.6 Å². The highest BCUT2D eigenvalue weighted by molar-refractivity contribution is 7.07. The standard InChI is InChI=1S/C19H22N2OS/c1-14(20-10-4-7-18(20)16-9-12-23-13-16)19(22)21-11-8-15-5-2-3-6-17(15)21/h2-3,5-6,9,12-14,18H,4,7-8,10-11H2,1H3/t14-,18+/m0/s1. The second-order valence-electron chi connectivity index (χ2n) is 6.50. The molecule has 4 rings (SSSR count). The van der Waals surface area contributed by atoms with Gasteiger partial charge in [0.25, 0.3) is 0 Å². The second kappa shape index (κ2) is 6.10. The smallest absolute Gasteiger partial charge is 0.244 e. The van der Waals surface area contributed by atoms with E-state index in [9.17, 15) is 4.79 Å². The van der Waals surface area contributed by atoms with Crippen molar-refractivity contribution in [2.24, 2.45) is 0 Å². The summed E-state index contributed by atoms with van der Waals surface area (Å²) in [7, 11) is 0. The van der Waals surface area contributed by atoms with E-state index in [1.165, 1.54) is 17.5 Å². The Morgan fingerprint density at radius 2 is 2.13 bits per heavy atom. The summed E-state index contributed by atoms with van der Waals surface area (Å²) in [6.45, 7) is 3.91. The van der Waals surface area contributed by atoms with Crippen molar-refractivity contribution in [3.63, 3.8) is 0 Å². The maximum Gasteiger partial charge on any atom is 0.244 e. The van der Waals surface area contributed by atoms with E-state index in [-0.39, 0.29) is 11.9 Å². The fraction of sp³-hybridized carbons (Fsp3) is 0.421. The number of hydrogen-bond donors (Lipinski definition) is 0. The third-order valence-electron chi connectivity index (χ3n) is 5.23. The maximum atomic E-state index is 13.1. The number of rotatable bonds is 3. The van der Waals surface area contributed by atoms with Crippen LogP contribution in [0.25, 0.3) is 0 Å². The lowest BCUT2D eigenvalue weighted by Gasteiger charge is -2.32. The molecule has 4 heteroatoms. The van der Waals surface area contributed by atoms with E-state index in [0.29, 0.717) is 6.04 Å². The highest BCUT2D eigenvalue weighted by atomic mass is 32.1. The highest BCUT2D eigenvalue weighted by Gasteiger charge is 2.36.